The summed E-state index contributed by atoms with van der Waals surface area (Å²) in [4.78, 5) is 51.4. The van der Waals surface area contributed by atoms with Gasteiger partial charge in [-0.3, -0.25) is 34.2 Å². The van der Waals surface area contributed by atoms with E-state index in [-0.39, 0.29) is 10.8 Å². The number of nitrogens with zero attached hydrogens (tertiary/aromatic N) is 2. The van der Waals surface area contributed by atoms with E-state index < -0.39 is 23.6 Å². The highest BCUT2D eigenvalue weighted by Gasteiger charge is 2.36. The van der Waals surface area contributed by atoms with Crippen LogP contribution in [-0.4, -0.2) is 39.1 Å². The lowest BCUT2D eigenvalue weighted by Gasteiger charge is -2.12. The lowest BCUT2D eigenvalue weighted by atomic mass is 10.2. The summed E-state index contributed by atoms with van der Waals surface area (Å²) in [7, 11) is 0. The van der Waals surface area contributed by atoms with E-state index in [2.05, 4.69) is 10.7 Å². The van der Waals surface area contributed by atoms with Gasteiger partial charge in [0.05, 0.1) is 4.91 Å². The Bertz CT molecular complexity index is 1370. The van der Waals surface area contributed by atoms with Crippen LogP contribution >= 0.6 is 23.4 Å². The van der Waals surface area contributed by atoms with Crippen molar-refractivity contribution >= 4 is 58.1 Å². The number of aromatic nitrogens is 1. The average Bonchev–Trinajstić information content (AvgIpc) is 3.24. The molecule has 2 aromatic carbocycles. The maximum absolute atomic E-state index is 12.9. The molecule has 1 fully saturated rings. The van der Waals surface area contributed by atoms with Crippen LogP contribution in [-0.2, 0) is 9.59 Å². The van der Waals surface area contributed by atoms with E-state index >= 15 is 0 Å². The number of nitrogens with one attached hydrogen (secondary N) is 2. The van der Waals surface area contributed by atoms with Gasteiger partial charge in [-0.1, -0.05) is 35.9 Å². The summed E-state index contributed by atoms with van der Waals surface area (Å²) in [6, 6.07) is 17.2. The molecular formula is C25H21ClN4O4S. The van der Waals surface area contributed by atoms with Gasteiger partial charge < -0.3 is 5.32 Å². The Balaban J connectivity index is 1.48. The molecule has 1 aliphatic rings. The van der Waals surface area contributed by atoms with E-state index in [1.807, 2.05) is 13.0 Å². The summed E-state index contributed by atoms with van der Waals surface area (Å²) in [5.41, 5.74) is 5.93. The molecule has 0 unspecified atom stereocenters. The molecule has 4 rings (SSSR count). The van der Waals surface area contributed by atoms with E-state index in [1.165, 1.54) is 0 Å². The number of aryl methyl sites for hydroxylation is 1. The summed E-state index contributed by atoms with van der Waals surface area (Å²) in [5, 5.41) is 2.54. The molecule has 178 valence electrons. The molecule has 2 N–H and O–H groups in total. The van der Waals surface area contributed by atoms with E-state index in [0.717, 1.165) is 22.4 Å². The summed E-state index contributed by atoms with van der Waals surface area (Å²) in [5.74, 6) is -1.35. The van der Waals surface area contributed by atoms with Crippen LogP contribution in [0.15, 0.2) is 65.6 Å². The summed E-state index contributed by atoms with van der Waals surface area (Å²) < 4.78 is 1.63. The van der Waals surface area contributed by atoms with Crippen molar-refractivity contribution in [1.82, 2.24) is 9.58 Å². The lowest BCUT2D eigenvalue weighted by molar-refractivity contribution is -0.127. The largest absolute Gasteiger partial charge is 0.324 e. The number of hydrogen-bond donors (Lipinski definition) is 2. The van der Waals surface area contributed by atoms with Gasteiger partial charge in [-0.05, 0) is 73.6 Å². The molecular weight excluding hydrogens is 488 g/mol. The highest BCUT2D eigenvalue weighted by atomic mass is 35.5. The molecule has 3 aromatic rings. The number of halogens is 1. The molecule has 1 aliphatic heterocycles. The van der Waals surface area contributed by atoms with Gasteiger partial charge in [0.2, 0.25) is 5.91 Å². The minimum atomic E-state index is -0.556. The summed E-state index contributed by atoms with van der Waals surface area (Å²) >= 11 is 6.68. The Hall–Kier alpha value is -3.82. The van der Waals surface area contributed by atoms with Crippen molar-refractivity contribution in [3.05, 3.63) is 93.1 Å². The number of imide groups is 1. The monoisotopic (exact) mass is 508 g/mol. The van der Waals surface area contributed by atoms with Gasteiger partial charge in [-0.15, -0.1) is 0 Å². The second-order valence-corrected chi connectivity index (χ2v) is 9.22. The van der Waals surface area contributed by atoms with Crippen molar-refractivity contribution in [2.45, 2.75) is 13.8 Å². The summed E-state index contributed by atoms with van der Waals surface area (Å²) in [6.45, 7) is 3.20. The number of thioether (sulfide) groups is 1. The first kappa shape index (κ1) is 24.3. The average molecular weight is 509 g/mol. The maximum atomic E-state index is 12.9. The van der Waals surface area contributed by atoms with Crippen LogP contribution < -0.4 is 10.7 Å². The number of anilines is 1. The van der Waals surface area contributed by atoms with Gasteiger partial charge in [-0.25, -0.2) is 0 Å². The van der Waals surface area contributed by atoms with Gasteiger partial charge in [0.25, 0.3) is 17.1 Å². The Morgan fingerprint density at radius 1 is 1.03 bits per heavy atom. The van der Waals surface area contributed by atoms with Crippen molar-refractivity contribution in [3.8, 4) is 0 Å². The van der Waals surface area contributed by atoms with Gasteiger partial charge >= 0.3 is 0 Å². The van der Waals surface area contributed by atoms with Gasteiger partial charge in [0.1, 0.15) is 6.54 Å². The smallest absolute Gasteiger partial charge is 0.294 e. The quantitative estimate of drug-likeness (QED) is 0.465. The van der Waals surface area contributed by atoms with Crippen molar-refractivity contribution < 1.29 is 19.2 Å². The van der Waals surface area contributed by atoms with Crippen LogP contribution in [0.2, 0.25) is 5.02 Å². The Morgan fingerprint density at radius 2 is 1.77 bits per heavy atom. The zero-order valence-corrected chi connectivity index (χ0v) is 20.4. The van der Waals surface area contributed by atoms with Crippen molar-refractivity contribution in [2.24, 2.45) is 0 Å². The molecule has 10 heteroatoms. The minimum Gasteiger partial charge on any atom is -0.324 e. The normalized spacial score (nSPS) is 14.5. The number of amides is 4. The standard InChI is InChI=1S/C25H21ClN4O4S/c1-15-11-18(16(2)30(15)28-23(32)17-7-4-3-5-8-17)12-21-24(33)29(25(34)35-21)14-22(31)27-20-10-6-9-19(26)13-20/h3-13H,14H2,1-2H3,(H,27,31)(H,28,32)/b21-12-. The van der Waals surface area contributed by atoms with Crippen LogP contribution in [0.5, 0.6) is 0 Å². The highest BCUT2D eigenvalue weighted by Crippen LogP contribution is 2.33. The third-order valence-corrected chi connectivity index (χ3v) is 6.43. The van der Waals surface area contributed by atoms with E-state index in [9.17, 15) is 19.2 Å². The molecule has 2 heterocycles. The zero-order valence-electron chi connectivity index (χ0n) is 18.9. The van der Waals surface area contributed by atoms with Crippen LogP contribution in [0, 0.1) is 13.8 Å². The van der Waals surface area contributed by atoms with Gasteiger partial charge in [-0.2, -0.15) is 0 Å². The molecule has 0 radical (unpaired) electrons. The van der Waals surface area contributed by atoms with Crippen molar-refractivity contribution in [2.75, 3.05) is 17.3 Å². The molecule has 4 amide bonds. The first-order chi connectivity index (χ1) is 16.7. The van der Waals surface area contributed by atoms with Crippen LogP contribution in [0.1, 0.15) is 27.3 Å². The molecule has 0 bridgehead atoms. The van der Waals surface area contributed by atoms with Crippen LogP contribution in [0.25, 0.3) is 6.08 Å². The van der Waals surface area contributed by atoms with Crippen molar-refractivity contribution in [1.29, 1.82) is 0 Å². The molecule has 1 aromatic heterocycles. The van der Waals surface area contributed by atoms with E-state index in [1.54, 1.807) is 72.3 Å². The fourth-order valence-corrected chi connectivity index (χ4v) is 4.57. The molecule has 35 heavy (non-hydrogen) atoms. The third kappa shape index (κ3) is 5.47. The van der Waals surface area contributed by atoms with E-state index in [4.69, 9.17) is 11.6 Å². The van der Waals surface area contributed by atoms with Crippen LogP contribution in [0.4, 0.5) is 10.5 Å². The topological polar surface area (TPSA) is 101 Å². The maximum Gasteiger partial charge on any atom is 0.294 e. The number of rotatable bonds is 6. The SMILES string of the molecule is Cc1cc(/C=C2\SC(=O)N(CC(=O)Nc3cccc(Cl)c3)C2=O)c(C)n1NC(=O)c1ccccc1. The predicted molar refractivity (Wildman–Crippen MR) is 137 cm³/mol. The number of benzene rings is 2. The molecule has 0 saturated carbocycles. The first-order valence-corrected chi connectivity index (χ1v) is 11.8. The fourth-order valence-electron chi connectivity index (χ4n) is 3.55. The van der Waals surface area contributed by atoms with Gasteiger partial charge in [0.15, 0.2) is 0 Å². The molecule has 8 nitrogen and oxygen atoms in total. The second kappa shape index (κ2) is 10.2. The lowest BCUT2D eigenvalue weighted by Crippen LogP contribution is -2.36. The number of hydrogen-bond acceptors (Lipinski definition) is 5. The van der Waals surface area contributed by atoms with Gasteiger partial charge in [0, 0.05) is 27.7 Å². The Labute approximate surface area is 210 Å². The van der Waals surface area contributed by atoms with Crippen LogP contribution in [0.3, 0.4) is 0 Å². The number of carbonyl (C=O) groups excluding carboxylic acids is 4. The Morgan fingerprint density at radius 3 is 2.49 bits per heavy atom. The van der Waals surface area contributed by atoms with Crippen molar-refractivity contribution in [3.63, 3.8) is 0 Å². The minimum absolute atomic E-state index is 0.195. The summed E-state index contributed by atoms with van der Waals surface area (Å²) in [6.07, 6.45) is 1.59. The number of carbonyl (C=O) groups is 4. The molecule has 0 spiro atoms. The highest BCUT2D eigenvalue weighted by molar-refractivity contribution is 8.18. The van der Waals surface area contributed by atoms with E-state index in [0.29, 0.717) is 27.5 Å². The first-order valence-electron chi connectivity index (χ1n) is 10.6. The molecule has 1 saturated heterocycles. The molecule has 0 atom stereocenters. The predicted octanol–water partition coefficient (Wildman–Crippen LogP) is 4.82. The third-order valence-electron chi connectivity index (χ3n) is 5.29. The molecule has 0 aliphatic carbocycles. The zero-order chi connectivity index (χ0) is 25.1. The Kier molecular flexibility index (Phi) is 7.09. The fraction of sp³-hybridized carbons (Fsp3) is 0.120. The second-order valence-electron chi connectivity index (χ2n) is 7.80.